The highest BCUT2D eigenvalue weighted by atomic mass is 35.5. The maximum Gasteiger partial charge on any atom is 0.124 e. The molecule has 1 aliphatic carbocycles. The molecule has 2 rings (SSSR count). The van der Waals surface area contributed by atoms with Gasteiger partial charge in [0.15, 0.2) is 0 Å². The van der Waals surface area contributed by atoms with Crippen LogP contribution in [0.4, 0.5) is 4.39 Å². The van der Waals surface area contributed by atoms with E-state index >= 15 is 0 Å². The minimum absolute atomic E-state index is 0.177. The van der Waals surface area contributed by atoms with Gasteiger partial charge in [-0.1, -0.05) is 38.4 Å². The normalized spacial score (nSPS) is 25.8. The third-order valence-electron chi connectivity index (χ3n) is 4.25. The first-order valence-electron chi connectivity index (χ1n) is 6.65. The standard InChI is InChI=1S/C15H21ClFN/c1-4-7-18-14-9-12(15(14,2)3)11-6-5-10(17)8-13(11)16/h5-6,8,12,14,18H,4,7,9H2,1-3H3. The van der Waals surface area contributed by atoms with E-state index in [1.807, 2.05) is 6.07 Å². The molecule has 0 amide bonds. The number of benzene rings is 1. The molecule has 0 bridgehead atoms. The fourth-order valence-electron chi connectivity index (χ4n) is 2.90. The van der Waals surface area contributed by atoms with Gasteiger partial charge in [-0.2, -0.15) is 0 Å². The van der Waals surface area contributed by atoms with Crippen LogP contribution >= 0.6 is 11.6 Å². The number of halogens is 2. The predicted octanol–water partition coefficient (Wildman–Crippen LogP) is 4.36. The van der Waals surface area contributed by atoms with Crippen LogP contribution in [0.2, 0.25) is 5.02 Å². The molecule has 0 aromatic heterocycles. The van der Waals surface area contributed by atoms with Crippen molar-refractivity contribution in [1.82, 2.24) is 5.32 Å². The van der Waals surface area contributed by atoms with E-state index in [9.17, 15) is 4.39 Å². The maximum absolute atomic E-state index is 13.1. The van der Waals surface area contributed by atoms with Crippen LogP contribution in [0.3, 0.4) is 0 Å². The number of nitrogens with one attached hydrogen (secondary N) is 1. The molecule has 0 spiro atoms. The van der Waals surface area contributed by atoms with E-state index in [1.54, 1.807) is 0 Å². The molecule has 0 saturated heterocycles. The van der Waals surface area contributed by atoms with Crippen molar-refractivity contribution < 1.29 is 4.39 Å². The van der Waals surface area contributed by atoms with Crippen molar-refractivity contribution in [3.63, 3.8) is 0 Å². The van der Waals surface area contributed by atoms with Gasteiger partial charge in [0.2, 0.25) is 0 Å². The lowest BCUT2D eigenvalue weighted by atomic mass is 9.56. The van der Waals surface area contributed by atoms with E-state index in [1.165, 1.54) is 12.1 Å². The van der Waals surface area contributed by atoms with Gasteiger partial charge < -0.3 is 5.32 Å². The molecule has 1 saturated carbocycles. The van der Waals surface area contributed by atoms with Gasteiger partial charge in [0.25, 0.3) is 0 Å². The highest BCUT2D eigenvalue weighted by Crippen LogP contribution is 2.53. The van der Waals surface area contributed by atoms with Crippen LogP contribution in [-0.4, -0.2) is 12.6 Å². The van der Waals surface area contributed by atoms with E-state index in [0.717, 1.165) is 24.9 Å². The number of hydrogen-bond donors (Lipinski definition) is 1. The van der Waals surface area contributed by atoms with E-state index in [4.69, 9.17) is 11.6 Å². The summed E-state index contributed by atoms with van der Waals surface area (Å²) in [6.07, 6.45) is 2.23. The highest BCUT2D eigenvalue weighted by Gasteiger charge is 2.48. The quantitative estimate of drug-likeness (QED) is 0.856. The molecule has 1 aromatic carbocycles. The van der Waals surface area contributed by atoms with Crippen molar-refractivity contribution in [2.24, 2.45) is 5.41 Å². The van der Waals surface area contributed by atoms with Gasteiger partial charge >= 0.3 is 0 Å². The summed E-state index contributed by atoms with van der Waals surface area (Å²) in [6.45, 7) is 7.74. The van der Waals surface area contributed by atoms with Crippen LogP contribution in [0.1, 0.15) is 45.1 Å². The molecule has 1 nitrogen and oxygen atoms in total. The van der Waals surface area contributed by atoms with Crippen LogP contribution in [-0.2, 0) is 0 Å². The van der Waals surface area contributed by atoms with Crippen LogP contribution in [0, 0.1) is 11.2 Å². The predicted molar refractivity (Wildman–Crippen MR) is 74.6 cm³/mol. The minimum atomic E-state index is -0.262. The van der Waals surface area contributed by atoms with E-state index in [0.29, 0.717) is 17.0 Å². The van der Waals surface area contributed by atoms with Gasteiger partial charge in [-0.05, 0) is 48.4 Å². The third-order valence-corrected chi connectivity index (χ3v) is 4.57. The molecule has 1 aliphatic rings. The topological polar surface area (TPSA) is 12.0 Å². The first kappa shape index (κ1) is 13.8. The van der Waals surface area contributed by atoms with Crippen LogP contribution < -0.4 is 5.32 Å². The lowest BCUT2D eigenvalue weighted by Gasteiger charge is -2.53. The summed E-state index contributed by atoms with van der Waals surface area (Å²) < 4.78 is 13.1. The monoisotopic (exact) mass is 269 g/mol. The van der Waals surface area contributed by atoms with Crippen molar-refractivity contribution >= 4 is 11.6 Å². The van der Waals surface area contributed by atoms with Crippen molar-refractivity contribution in [3.05, 3.63) is 34.6 Å². The fourth-order valence-corrected chi connectivity index (χ4v) is 3.20. The Morgan fingerprint density at radius 3 is 2.72 bits per heavy atom. The maximum atomic E-state index is 13.1. The molecule has 0 heterocycles. The Morgan fingerprint density at radius 2 is 2.17 bits per heavy atom. The minimum Gasteiger partial charge on any atom is -0.313 e. The third kappa shape index (κ3) is 2.41. The van der Waals surface area contributed by atoms with Crippen LogP contribution in [0.25, 0.3) is 0 Å². The number of rotatable bonds is 4. The Hall–Kier alpha value is -0.600. The summed E-state index contributed by atoms with van der Waals surface area (Å²) in [7, 11) is 0. The Balaban J connectivity index is 2.12. The molecule has 1 fully saturated rings. The zero-order chi connectivity index (χ0) is 13.3. The Morgan fingerprint density at radius 1 is 1.44 bits per heavy atom. The summed E-state index contributed by atoms with van der Waals surface area (Å²) >= 11 is 6.16. The second-order valence-electron chi connectivity index (χ2n) is 5.78. The first-order valence-corrected chi connectivity index (χ1v) is 7.03. The van der Waals surface area contributed by atoms with Crippen molar-refractivity contribution in [1.29, 1.82) is 0 Å². The SMILES string of the molecule is CCCNC1CC(c2ccc(F)cc2Cl)C1(C)C. The molecule has 18 heavy (non-hydrogen) atoms. The molecule has 1 aromatic rings. The summed E-state index contributed by atoms with van der Waals surface area (Å²) in [5.74, 6) is 0.154. The molecule has 2 unspecified atom stereocenters. The summed E-state index contributed by atoms with van der Waals surface area (Å²) in [4.78, 5) is 0. The lowest BCUT2D eigenvalue weighted by molar-refractivity contribution is 0.0695. The summed E-state index contributed by atoms with van der Waals surface area (Å²) in [5, 5.41) is 4.13. The van der Waals surface area contributed by atoms with Gasteiger partial charge in [-0.25, -0.2) is 4.39 Å². The van der Waals surface area contributed by atoms with Gasteiger partial charge in [0, 0.05) is 11.1 Å². The average Bonchev–Trinajstić information content (AvgIpc) is 2.30. The van der Waals surface area contributed by atoms with Gasteiger partial charge in [-0.3, -0.25) is 0 Å². The Labute approximate surface area is 114 Å². The number of hydrogen-bond acceptors (Lipinski definition) is 1. The fraction of sp³-hybridized carbons (Fsp3) is 0.600. The van der Waals surface area contributed by atoms with Crippen molar-refractivity contribution in [3.8, 4) is 0 Å². The molecule has 1 N–H and O–H groups in total. The Kier molecular flexibility index (Phi) is 3.98. The molecular formula is C15H21ClFN. The van der Waals surface area contributed by atoms with Crippen molar-refractivity contribution in [2.75, 3.05) is 6.54 Å². The largest absolute Gasteiger partial charge is 0.313 e. The summed E-state index contributed by atoms with van der Waals surface area (Å²) in [5.41, 5.74) is 1.26. The molecule has 100 valence electrons. The van der Waals surface area contributed by atoms with Gasteiger partial charge in [0.1, 0.15) is 5.82 Å². The second kappa shape index (κ2) is 5.18. The summed E-state index contributed by atoms with van der Waals surface area (Å²) in [6, 6.07) is 5.29. The molecular weight excluding hydrogens is 249 g/mol. The lowest BCUT2D eigenvalue weighted by Crippen LogP contribution is -2.55. The van der Waals surface area contributed by atoms with E-state index in [2.05, 4.69) is 26.1 Å². The molecule has 2 atom stereocenters. The van der Waals surface area contributed by atoms with Crippen LogP contribution in [0.5, 0.6) is 0 Å². The van der Waals surface area contributed by atoms with E-state index < -0.39 is 0 Å². The van der Waals surface area contributed by atoms with E-state index in [-0.39, 0.29) is 11.2 Å². The average molecular weight is 270 g/mol. The smallest absolute Gasteiger partial charge is 0.124 e. The highest BCUT2D eigenvalue weighted by molar-refractivity contribution is 6.31. The van der Waals surface area contributed by atoms with Gasteiger partial charge in [0.05, 0.1) is 0 Å². The second-order valence-corrected chi connectivity index (χ2v) is 6.19. The molecule has 0 radical (unpaired) electrons. The van der Waals surface area contributed by atoms with Crippen LogP contribution in [0.15, 0.2) is 18.2 Å². The Bertz CT molecular complexity index is 431. The van der Waals surface area contributed by atoms with Crippen molar-refractivity contribution in [2.45, 2.75) is 45.6 Å². The molecule has 3 heteroatoms. The molecule has 0 aliphatic heterocycles. The first-order chi connectivity index (χ1) is 8.46. The zero-order valence-electron chi connectivity index (χ0n) is 11.3. The zero-order valence-corrected chi connectivity index (χ0v) is 12.0. The van der Waals surface area contributed by atoms with Gasteiger partial charge in [-0.15, -0.1) is 0 Å².